The first-order valence-corrected chi connectivity index (χ1v) is 10.9. The van der Waals surface area contributed by atoms with Crippen molar-refractivity contribution in [1.29, 1.82) is 0 Å². The molecular weight excluding hydrogens is 396 g/mol. The second-order valence-electron chi connectivity index (χ2n) is 8.72. The summed E-state index contributed by atoms with van der Waals surface area (Å²) < 4.78 is 29.0. The van der Waals surface area contributed by atoms with Crippen LogP contribution in [0.15, 0.2) is 30.3 Å². The fourth-order valence-corrected chi connectivity index (χ4v) is 3.91. The molecule has 0 aromatic heterocycles. The van der Waals surface area contributed by atoms with Crippen LogP contribution in [0.25, 0.3) is 11.1 Å². The topological polar surface area (TPSA) is 63.2 Å². The van der Waals surface area contributed by atoms with Gasteiger partial charge < -0.3 is 23.7 Å². The molecule has 0 N–H and O–H groups in total. The van der Waals surface area contributed by atoms with Crippen molar-refractivity contribution in [2.24, 2.45) is 0 Å². The van der Waals surface area contributed by atoms with E-state index in [1.54, 1.807) is 6.92 Å². The molecule has 2 aromatic rings. The molecule has 0 aliphatic carbocycles. The Morgan fingerprint density at radius 3 is 2.42 bits per heavy atom. The second kappa shape index (κ2) is 8.79. The SMILES string of the molecule is CCOC(=O)C(OC(C)(C)C)c1cc2c(cc1-c1ccc3c(c1)CCCO3)OCCO2. The van der Waals surface area contributed by atoms with Crippen molar-refractivity contribution in [3.63, 3.8) is 0 Å². The second-order valence-corrected chi connectivity index (χ2v) is 8.72. The standard InChI is InChI=1S/C25H30O6/c1-5-27-24(26)23(31-25(2,3)4)19-15-22-21(29-11-12-30-22)14-18(19)16-8-9-20-17(13-16)7-6-10-28-20/h8-9,13-15,23H,5-7,10-12H2,1-4H3. The Morgan fingerprint density at radius 1 is 1.00 bits per heavy atom. The largest absolute Gasteiger partial charge is 0.493 e. The number of hydrogen-bond donors (Lipinski definition) is 0. The highest BCUT2D eigenvalue weighted by molar-refractivity contribution is 5.83. The van der Waals surface area contributed by atoms with Gasteiger partial charge in [-0.1, -0.05) is 6.07 Å². The first-order chi connectivity index (χ1) is 14.9. The maximum Gasteiger partial charge on any atom is 0.339 e. The number of esters is 1. The Hall–Kier alpha value is -2.73. The van der Waals surface area contributed by atoms with E-state index < -0.39 is 17.7 Å². The lowest BCUT2D eigenvalue weighted by molar-refractivity contribution is -0.166. The molecular formula is C25H30O6. The third kappa shape index (κ3) is 4.79. The third-order valence-corrected chi connectivity index (χ3v) is 5.19. The molecule has 2 aliphatic heterocycles. The molecule has 4 rings (SSSR count). The number of benzene rings is 2. The van der Waals surface area contributed by atoms with Gasteiger partial charge >= 0.3 is 5.97 Å². The lowest BCUT2D eigenvalue weighted by atomic mass is 9.92. The molecule has 1 unspecified atom stereocenters. The van der Waals surface area contributed by atoms with Gasteiger partial charge in [-0.05, 0) is 81.5 Å². The normalized spacial score (nSPS) is 16.1. The quantitative estimate of drug-likeness (QED) is 0.636. The fraction of sp³-hybridized carbons (Fsp3) is 0.480. The predicted octanol–water partition coefficient (Wildman–Crippen LogP) is 4.87. The first kappa shape index (κ1) is 21.5. The van der Waals surface area contributed by atoms with Crippen LogP contribution in [0.5, 0.6) is 17.2 Å². The molecule has 0 amide bonds. The summed E-state index contributed by atoms with van der Waals surface area (Å²) in [6.45, 7) is 9.54. The van der Waals surface area contributed by atoms with Crippen molar-refractivity contribution >= 4 is 5.97 Å². The van der Waals surface area contributed by atoms with Crippen molar-refractivity contribution in [1.82, 2.24) is 0 Å². The average Bonchev–Trinajstić information content (AvgIpc) is 2.76. The molecule has 2 heterocycles. The number of rotatable bonds is 5. The minimum Gasteiger partial charge on any atom is -0.493 e. The monoisotopic (exact) mass is 426 g/mol. The van der Waals surface area contributed by atoms with E-state index in [0.29, 0.717) is 30.3 Å². The van der Waals surface area contributed by atoms with Crippen LogP contribution in [0.3, 0.4) is 0 Å². The zero-order valence-corrected chi connectivity index (χ0v) is 18.7. The van der Waals surface area contributed by atoms with Crippen molar-refractivity contribution in [2.75, 3.05) is 26.4 Å². The van der Waals surface area contributed by atoms with E-state index in [1.165, 1.54) is 0 Å². The summed E-state index contributed by atoms with van der Waals surface area (Å²) in [6.07, 6.45) is 1.06. The van der Waals surface area contributed by atoms with Crippen molar-refractivity contribution in [2.45, 2.75) is 52.2 Å². The lowest BCUT2D eigenvalue weighted by Gasteiger charge is -2.29. The van der Waals surface area contributed by atoms with Crippen LogP contribution in [-0.2, 0) is 20.7 Å². The molecule has 0 radical (unpaired) electrons. The smallest absolute Gasteiger partial charge is 0.339 e. The highest BCUT2D eigenvalue weighted by Crippen LogP contribution is 2.43. The molecule has 6 heteroatoms. The van der Waals surface area contributed by atoms with Gasteiger partial charge in [-0.15, -0.1) is 0 Å². The Balaban J connectivity index is 1.86. The molecule has 0 fully saturated rings. The first-order valence-electron chi connectivity index (χ1n) is 10.9. The number of hydrogen-bond acceptors (Lipinski definition) is 6. The van der Waals surface area contributed by atoms with E-state index >= 15 is 0 Å². The summed E-state index contributed by atoms with van der Waals surface area (Å²) in [4.78, 5) is 13.0. The highest BCUT2D eigenvalue weighted by atomic mass is 16.6. The molecule has 2 aromatic carbocycles. The van der Waals surface area contributed by atoms with Crippen LogP contribution in [0.4, 0.5) is 0 Å². The van der Waals surface area contributed by atoms with E-state index in [-0.39, 0.29) is 6.61 Å². The van der Waals surface area contributed by atoms with Crippen molar-refractivity contribution < 1.29 is 28.5 Å². The van der Waals surface area contributed by atoms with Gasteiger partial charge in [0.15, 0.2) is 17.6 Å². The summed E-state index contributed by atoms with van der Waals surface area (Å²) in [5.41, 5.74) is 3.15. The summed E-state index contributed by atoms with van der Waals surface area (Å²) in [6, 6.07) is 9.93. The average molecular weight is 427 g/mol. The van der Waals surface area contributed by atoms with Crippen LogP contribution in [0.1, 0.15) is 51.3 Å². The molecule has 2 aliphatic rings. The molecule has 0 bridgehead atoms. The summed E-state index contributed by atoms with van der Waals surface area (Å²) in [5.74, 6) is 1.77. The predicted molar refractivity (Wildman–Crippen MR) is 117 cm³/mol. The zero-order chi connectivity index (χ0) is 22.0. The maximum atomic E-state index is 13.0. The number of carbonyl (C=O) groups excluding carboxylic acids is 1. The zero-order valence-electron chi connectivity index (χ0n) is 18.7. The minimum absolute atomic E-state index is 0.277. The minimum atomic E-state index is -0.891. The van der Waals surface area contributed by atoms with Gasteiger partial charge in [-0.2, -0.15) is 0 Å². The fourth-order valence-electron chi connectivity index (χ4n) is 3.91. The van der Waals surface area contributed by atoms with E-state index in [1.807, 2.05) is 45.0 Å². The van der Waals surface area contributed by atoms with Crippen LogP contribution < -0.4 is 14.2 Å². The molecule has 6 nitrogen and oxygen atoms in total. The van der Waals surface area contributed by atoms with Gasteiger partial charge in [0.25, 0.3) is 0 Å². The van der Waals surface area contributed by atoms with Crippen molar-refractivity contribution in [3.8, 4) is 28.4 Å². The Morgan fingerprint density at radius 2 is 1.71 bits per heavy atom. The Labute approximate surface area is 183 Å². The van der Waals surface area contributed by atoms with Gasteiger partial charge in [0.1, 0.15) is 19.0 Å². The Bertz CT molecular complexity index is 959. The summed E-state index contributed by atoms with van der Waals surface area (Å²) in [7, 11) is 0. The van der Waals surface area contributed by atoms with Gasteiger partial charge in [-0.3, -0.25) is 0 Å². The molecule has 166 valence electrons. The van der Waals surface area contributed by atoms with E-state index in [4.69, 9.17) is 23.7 Å². The number of fused-ring (bicyclic) bond motifs is 2. The Kier molecular flexibility index (Phi) is 6.10. The van der Waals surface area contributed by atoms with Gasteiger partial charge in [-0.25, -0.2) is 4.79 Å². The molecule has 0 saturated carbocycles. The van der Waals surface area contributed by atoms with Gasteiger partial charge in [0.05, 0.1) is 18.8 Å². The van der Waals surface area contributed by atoms with Crippen LogP contribution >= 0.6 is 0 Å². The lowest BCUT2D eigenvalue weighted by Crippen LogP contribution is -2.29. The van der Waals surface area contributed by atoms with E-state index in [0.717, 1.165) is 41.9 Å². The number of ether oxygens (including phenoxy) is 5. The molecule has 0 spiro atoms. The third-order valence-electron chi connectivity index (χ3n) is 5.19. The van der Waals surface area contributed by atoms with Crippen LogP contribution in [-0.4, -0.2) is 38.0 Å². The van der Waals surface area contributed by atoms with Crippen molar-refractivity contribution in [3.05, 3.63) is 41.5 Å². The summed E-state index contributed by atoms with van der Waals surface area (Å²) in [5, 5.41) is 0. The van der Waals surface area contributed by atoms with Gasteiger partial charge in [0.2, 0.25) is 0 Å². The van der Waals surface area contributed by atoms with Crippen LogP contribution in [0.2, 0.25) is 0 Å². The van der Waals surface area contributed by atoms with E-state index in [9.17, 15) is 4.79 Å². The number of carbonyl (C=O) groups is 1. The molecule has 0 saturated heterocycles. The maximum absolute atomic E-state index is 13.0. The summed E-state index contributed by atoms with van der Waals surface area (Å²) >= 11 is 0. The van der Waals surface area contributed by atoms with Gasteiger partial charge in [0, 0.05) is 5.56 Å². The molecule has 1 atom stereocenters. The highest BCUT2D eigenvalue weighted by Gasteiger charge is 2.32. The van der Waals surface area contributed by atoms with Crippen LogP contribution in [0, 0.1) is 0 Å². The van der Waals surface area contributed by atoms with E-state index in [2.05, 4.69) is 6.07 Å². The molecule has 31 heavy (non-hydrogen) atoms. The number of aryl methyl sites for hydroxylation is 1.